The number of sulfone groups is 1. The van der Waals surface area contributed by atoms with Crippen molar-refractivity contribution in [1.82, 2.24) is 5.32 Å². The highest BCUT2D eigenvalue weighted by molar-refractivity contribution is 7.90. The number of hydrogen-bond donors (Lipinski definition) is 2. The Morgan fingerprint density at radius 3 is 2.25 bits per heavy atom. The maximum Gasteiger partial charge on any atom is 0.175 e. The van der Waals surface area contributed by atoms with E-state index in [1.54, 1.807) is 12.1 Å². The van der Waals surface area contributed by atoms with E-state index in [1.165, 1.54) is 6.26 Å². The topological polar surface area (TPSA) is 72.2 Å². The van der Waals surface area contributed by atoms with E-state index in [0.717, 1.165) is 25.1 Å². The molecule has 0 amide bonds. The van der Waals surface area contributed by atoms with E-state index < -0.39 is 9.84 Å². The Kier molecular flexibility index (Phi) is 6.65. The van der Waals surface area contributed by atoms with Gasteiger partial charge in [-0.25, -0.2) is 8.42 Å². The van der Waals surface area contributed by atoms with Crippen molar-refractivity contribution in [3.8, 4) is 0 Å². The zero-order valence-electron chi connectivity index (χ0n) is 12.6. The number of hydrogen-bond acceptors (Lipinski definition) is 4. The molecule has 0 radical (unpaired) electrons. The molecule has 1 unspecified atom stereocenters. The summed E-state index contributed by atoms with van der Waals surface area (Å²) in [6.07, 6.45) is 2.34. The highest BCUT2D eigenvalue weighted by Gasteiger charge is 2.09. The van der Waals surface area contributed by atoms with Crippen molar-refractivity contribution in [2.24, 2.45) is 17.6 Å². The van der Waals surface area contributed by atoms with Crippen LogP contribution in [0.2, 0.25) is 0 Å². The number of nitrogens with two attached hydrogens (primary N) is 1. The van der Waals surface area contributed by atoms with E-state index in [-0.39, 0.29) is 0 Å². The highest BCUT2D eigenvalue weighted by atomic mass is 32.2. The van der Waals surface area contributed by atoms with Gasteiger partial charge in [-0.2, -0.15) is 0 Å². The van der Waals surface area contributed by atoms with E-state index >= 15 is 0 Å². The molecule has 0 aromatic heterocycles. The SMILES string of the molecule is CC(C)CC(CN)CNCc1ccc(S(C)(=O)=O)cc1. The fourth-order valence-corrected chi connectivity index (χ4v) is 2.84. The van der Waals surface area contributed by atoms with Gasteiger partial charge in [0.1, 0.15) is 0 Å². The Balaban J connectivity index is 2.46. The molecule has 0 aliphatic rings. The molecular formula is C15H26N2O2S. The van der Waals surface area contributed by atoms with Gasteiger partial charge < -0.3 is 11.1 Å². The van der Waals surface area contributed by atoms with Gasteiger partial charge in [-0.3, -0.25) is 0 Å². The first kappa shape index (κ1) is 17.1. The summed E-state index contributed by atoms with van der Waals surface area (Å²) in [5, 5.41) is 3.39. The minimum atomic E-state index is -3.11. The molecule has 0 spiro atoms. The quantitative estimate of drug-likeness (QED) is 0.767. The Bertz CT molecular complexity index is 495. The van der Waals surface area contributed by atoms with Gasteiger partial charge in [-0.1, -0.05) is 26.0 Å². The first-order chi connectivity index (χ1) is 9.32. The summed E-state index contributed by atoms with van der Waals surface area (Å²) in [5.74, 6) is 1.14. The minimum Gasteiger partial charge on any atom is -0.330 e. The summed E-state index contributed by atoms with van der Waals surface area (Å²) in [6, 6.07) is 7.01. The minimum absolute atomic E-state index is 0.362. The second kappa shape index (κ2) is 7.76. The van der Waals surface area contributed by atoms with Crippen LogP contribution in [0.25, 0.3) is 0 Å². The van der Waals surface area contributed by atoms with E-state index in [4.69, 9.17) is 5.73 Å². The maximum absolute atomic E-state index is 11.4. The summed E-state index contributed by atoms with van der Waals surface area (Å²) in [6.45, 7) is 6.72. The number of nitrogens with one attached hydrogen (secondary N) is 1. The van der Waals surface area contributed by atoms with Crippen molar-refractivity contribution in [3.05, 3.63) is 29.8 Å². The van der Waals surface area contributed by atoms with Crippen molar-refractivity contribution >= 4 is 9.84 Å². The molecule has 4 nitrogen and oxygen atoms in total. The second-order valence-corrected chi connectivity index (χ2v) is 7.79. The van der Waals surface area contributed by atoms with Crippen LogP contribution >= 0.6 is 0 Å². The van der Waals surface area contributed by atoms with Crippen LogP contribution in [0, 0.1) is 11.8 Å². The fourth-order valence-electron chi connectivity index (χ4n) is 2.20. The normalized spacial score (nSPS) is 13.7. The Hall–Kier alpha value is -0.910. The highest BCUT2D eigenvalue weighted by Crippen LogP contribution is 2.11. The van der Waals surface area contributed by atoms with E-state index in [0.29, 0.717) is 23.3 Å². The summed E-state index contributed by atoms with van der Waals surface area (Å²) < 4.78 is 22.7. The van der Waals surface area contributed by atoms with Crippen LogP contribution in [-0.2, 0) is 16.4 Å². The zero-order chi connectivity index (χ0) is 15.2. The van der Waals surface area contributed by atoms with Crippen LogP contribution in [0.5, 0.6) is 0 Å². The maximum atomic E-state index is 11.4. The summed E-state index contributed by atoms with van der Waals surface area (Å²) >= 11 is 0. The van der Waals surface area contributed by atoms with Crippen molar-refractivity contribution < 1.29 is 8.42 Å². The third-order valence-electron chi connectivity index (χ3n) is 3.25. The molecule has 0 bridgehead atoms. The Morgan fingerprint density at radius 1 is 1.20 bits per heavy atom. The smallest absolute Gasteiger partial charge is 0.175 e. The molecule has 0 aliphatic heterocycles. The second-order valence-electron chi connectivity index (χ2n) is 5.78. The summed E-state index contributed by atoms with van der Waals surface area (Å²) in [5.41, 5.74) is 6.84. The van der Waals surface area contributed by atoms with Crippen LogP contribution in [0.4, 0.5) is 0 Å². The molecule has 0 heterocycles. The van der Waals surface area contributed by atoms with Gasteiger partial charge in [0, 0.05) is 12.8 Å². The monoisotopic (exact) mass is 298 g/mol. The molecule has 1 aromatic carbocycles. The third-order valence-corrected chi connectivity index (χ3v) is 4.38. The van der Waals surface area contributed by atoms with Gasteiger partial charge in [0.05, 0.1) is 4.90 Å². The van der Waals surface area contributed by atoms with Crippen molar-refractivity contribution in [1.29, 1.82) is 0 Å². The van der Waals surface area contributed by atoms with Gasteiger partial charge in [0.25, 0.3) is 0 Å². The average Bonchev–Trinajstić information content (AvgIpc) is 2.36. The molecule has 1 atom stereocenters. The number of benzene rings is 1. The van der Waals surface area contributed by atoms with Crippen molar-refractivity contribution in [2.45, 2.75) is 31.7 Å². The standard InChI is InChI=1S/C15H26N2O2S/c1-12(2)8-14(9-16)11-17-10-13-4-6-15(7-5-13)20(3,18)19/h4-7,12,14,17H,8-11,16H2,1-3H3. The fraction of sp³-hybridized carbons (Fsp3) is 0.600. The predicted octanol–water partition coefficient (Wildman–Crippen LogP) is 1.80. The molecule has 1 aromatic rings. The molecule has 0 aliphatic carbocycles. The van der Waals surface area contributed by atoms with Crippen LogP contribution < -0.4 is 11.1 Å². The van der Waals surface area contributed by atoms with Gasteiger partial charge in [-0.05, 0) is 49.0 Å². The summed E-state index contributed by atoms with van der Waals surface area (Å²) in [7, 11) is -3.11. The van der Waals surface area contributed by atoms with Crippen LogP contribution in [-0.4, -0.2) is 27.8 Å². The summed E-state index contributed by atoms with van der Waals surface area (Å²) in [4.78, 5) is 0.362. The lowest BCUT2D eigenvalue weighted by molar-refractivity contribution is 0.394. The zero-order valence-corrected chi connectivity index (χ0v) is 13.4. The Morgan fingerprint density at radius 2 is 1.80 bits per heavy atom. The van der Waals surface area contributed by atoms with E-state index in [2.05, 4.69) is 19.2 Å². The average molecular weight is 298 g/mol. The number of rotatable bonds is 8. The molecule has 114 valence electrons. The lowest BCUT2D eigenvalue weighted by Crippen LogP contribution is -2.29. The first-order valence-corrected chi connectivity index (χ1v) is 8.92. The van der Waals surface area contributed by atoms with Crippen LogP contribution in [0.1, 0.15) is 25.8 Å². The molecule has 20 heavy (non-hydrogen) atoms. The first-order valence-electron chi connectivity index (χ1n) is 7.02. The van der Waals surface area contributed by atoms with Gasteiger partial charge in [0.15, 0.2) is 9.84 Å². The lowest BCUT2D eigenvalue weighted by Gasteiger charge is -2.17. The van der Waals surface area contributed by atoms with E-state index in [9.17, 15) is 8.42 Å². The molecule has 5 heteroatoms. The molecule has 1 rings (SSSR count). The van der Waals surface area contributed by atoms with Crippen molar-refractivity contribution in [2.75, 3.05) is 19.3 Å². The van der Waals surface area contributed by atoms with Crippen LogP contribution in [0.3, 0.4) is 0 Å². The van der Waals surface area contributed by atoms with Crippen LogP contribution in [0.15, 0.2) is 29.2 Å². The lowest BCUT2D eigenvalue weighted by atomic mass is 9.97. The Labute approximate surface area is 122 Å². The van der Waals surface area contributed by atoms with Gasteiger partial charge in [-0.15, -0.1) is 0 Å². The van der Waals surface area contributed by atoms with Crippen molar-refractivity contribution in [3.63, 3.8) is 0 Å². The third kappa shape index (κ3) is 6.03. The molecule has 3 N–H and O–H groups in total. The largest absolute Gasteiger partial charge is 0.330 e. The molecule has 0 fully saturated rings. The predicted molar refractivity (Wildman–Crippen MR) is 83.3 cm³/mol. The van der Waals surface area contributed by atoms with Gasteiger partial charge >= 0.3 is 0 Å². The molecule has 0 saturated carbocycles. The van der Waals surface area contributed by atoms with E-state index in [1.807, 2.05) is 12.1 Å². The molecule has 0 saturated heterocycles. The molecular weight excluding hydrogens is 272 g/mol. The van der Waals surface area contributed by atoms with Gasteiger partial charge in [0.2, 0.25) is 0 Å².